The molecule has 0 aliphatic carbocycles. The maximum atomic E-state index is 9.92. The average Bonchev–Trinajstić information content (AvgIpc) is 4.37. The summed E-state index contributed by atoms with van der Waals surface area (Å²) in [5.74, 6) is 3.00. The molecule has 1 atom stereocenters. The van der Waals surface area contributed by atoms with E-state index in [9.17, 15) is 15.3 Å². The number of benzene rings is 8. The van der Waals surface area contributed by atoms with Crippen LogP contribution < -0.4 is 19.6 Å². The normalized spacial score (nSPS) is 13.0. The summed E-state index contributed by atoms with van der Waals surface area (Å²) in [6, 6.07) is 67.7. The smallest absolute Gasteiger partial charge is 0.162 e. The number of H-pyrrole nitrogens is 3. The highest BCUT2D eigenvalue weighted by atomic mass is 32.2. The molecule has 13 rings (SSSR count). The standard InChI is InChI=1S/C17H14N2O3.C16H14N2O2.C16H14N2O.C15H14N2S/c20-15-4-2-1-3-12(15)14-10-13(18-19-14)11-5-6-16-17(9-11)22-8-7-21-16;1-20-12-8-6-11(7-9-12)14-10-15(18-17-14)13-4-2-3-5-16(13)19;1-11-6-2-3-7-12(11)14-10-15(18-17-14)13-8-4-5-9-16(13)19;1-11-7-9-13(10-8-11)15-17-16-14(18-15)12-5-3-2-4-6-12/h1-6,9-10,20H,7-8H2,(H,18,19);2-10,19H,1H3,(H,17,18);2-10,19H,1H3,(H,17,18);2-10,15,17H,1H3. The van der Waals surface area contributed by atoms with Gasteiger partial charge in [0.25, 0.3) is 0 Å². The molecule has 11 aromatic rings. The van der Waals surface area contributed by atoms with Crippen molar-refractivity contribution in [2.75, 3.05) is 20.3 Å². The van der Waals surface area contributed by atoms with Crippen molar-refractivity contribution in [2.24, 2.45) is 5.10 Å². The summed E-state index contributed by atoms with van der Waals surface area (Å²) in [6.45, 7) is 5.30. The Morgan fingerprint density at radius 2 is 0.962 bits per heavy atom. The number of rotatable bonds is 9. The third kappa shape index (κ3) is 12.8. The van der Waals surface area contributed by atoms with Gasteiger partial charge in [0, 0.05) is 38.9 Å². The summed E-state index contributed by atoms with van der Waals surface area (Å²) in [5.41, 5.74) is 18.2. The Morgan fingerprint density at radius 3 is 1.56 bits per heavy atom. The van der Waals surface area contributed by atoms with E-state index in [0.717, 1.165) is 89.8 Å². The molecule has 0 spiro atoms. The van der Waals surface area contributed by atoms with Crippen LogP contribution in [0.5, 0.6) is 34.5 Å². The van der Waals surface area contributed by atoms with Gasteiger partial charge in [-0.05, 0) is 122 Å². The first-order chi connectivity index (χ1) is 38.7. The Hall–Kier alpha value is -9.99. The summed E-state index contributed by atoms with van der Waals surface area (Å²) in [5, 5.41) is 57.1. The number of aromatic amines is 3. The Balaban J connectivity index is 0.000000119. The van der Waals surface area contributed by atoms with E-state index in [1.807, 2.05) is 127 Å². The van der Waals surface area contributed by atoms with Crippen LogP contribution in [0.4, 0.5) is 0 Å². The Bertz CT molecular complexity index is 3760. The molecule has 0 saturated heterocycles. The zero-order chi connectivity index (χ0) is 54.5. The number of phenols is 3. The van der Waals surface area contributed by atoms with Gasteiger partial charge in [0.05, 0.1) is 41.3 Å². The molecule has 3 aromatic heterocycles. The van der Waals surface area contributed by atoms with Crippen molar-refractivity contribution >= 4 is 16.8 Å². The van der Waals surface area contributed by atoms with E-state index >= 15 is 0 Å². The number of ether oxygens (including phenoxy) is 3. The molecule has 79 heavy (non-hydrogen) atoms. The maximum Gasteiger partial charge on any atom is 0.162 e. The molecule has 5 heterocycles. The first-order valence-corrected chi connectivity index (χ1v) is 26.3. The molecule has 14 nitrogen and oxygen atoms in total. The van der Waals surface area contributed by atoms with E-state index < -0.39 is 0 Å². The summed E-state index contributed by atoms with van der Waals surface area (Å²) in [7, 11) is 1.64. The van der Waals surface area contributed by atoms with Crippen LogP contribution in [0.1, 0.15) is 27.6 Å². The second-order valence-electron chi connectivity index (χ2n) is 18.3. The Morgan fingerprint density at radius 1 is 0.468 bits per heavy atom. The van der Waals surface area contributed by atoms with Crippen molar-refractivity contribution in [1.82, 2.24) is 36.0 Å². The molecule has 7 N–H and O–H groups in total. The van der Waals surface area contributed by atoms with Crippen LogP contribution in [0, 0.1) is 13.8 Å². The maximum absolute atomic E-state index is 9.92. The molecule has 1 unspecified atom stereocenters. The van der Waals surface area contributed by atoms with Crippen molar-refractivity contribution in [3.05, 3.63) is 235 Å². The number of phenolic OH excluding ortho intramolecular Hbond substituents is 3. The van der Waals surface area contributed by atoms with Gasteiger partial charge in [-0.15, -0.1) is 0 Å². The molecule has 394 valence electrons. The highest BCUT2D eigenvalue weighted by molar-refractivity contribution is 8.14. The summed E-state index contributed by atoms with van der Waals surface area (Å²) < 4.78 is 16.2. The monoisotopic (exact) mass is 1060 g/mol. The van der Waals surface area contributed by atoms with E-state index in [4.69, 9.17) is 14.2 Å². The van der Waals surface area contributed by atoms with Crippen molar-refractivity contribution in [3.8, 4) is 102 Å². The van der Waals surface area contributed by atoms with Crippen molar-refractivity contribution in [1.29, 1.82) is 0 Å². The average molecular weight is 1070 g/mol. The third-order valence-corrected chi connectivity index (χ3v) is 14.0. The molecule has 2 aliphatic heterocycles. The summed E-state index contributed by atoms with van der Waals surface area (Å²) in [6.07, 6.45) is 0. The number of para-hydroxylation sites is 3. The third-order valence-electron chi connectivity index (χ3n) is 12.9. The van der Waals surface area contributed by atoms with Gasteiger partial charge in [-0.25, -0.2) is 0 Å². The number of thioether (sulfide) groups is 1. The van der Waals surface area contributed by atoms with Crippen molar-refractivity contribution < 1.29 is 29.5 Å². The second-order valence-corrected chi connectivity index (χ2v) is 19.4. The molecular formula is C64H56N8O6S. The molecule has 2 aliphatic rings. The number of fused-ring (bicyclic) bond motifs is 1. The number of aryl methyl sites for hydroxylation is 2. The van der Waals surface area contributed by atoms with Crippen LogP contribution in [0.3, 0.4) is 0 Å². The lowest BCUT2D eigenvalue weighted by Gasteiger charge is -2.18. The van der Waals surface area contributed by atoms with Gasteiger partial charge < -0.3 is 29.5 Å². The number of methoxy groups -OCH3 is 1. The highest BCUT2D eigenvalue weighted by Crippen LogP contribution is 2.38. The first-order valence-electron chi connectivity index (χ1n) is 25.4. The van der Waals surface area contributed by atoms with Crippen LogP contribution in [0.15, 0.2) is 217 Å². The molecule has 0 saturated carbocycles. The number of aromatic nitrogens is 6. The first kappa shape index (κ1) is 52.5. The minimum Gasteiger partial charge on any atom is -0.507 e. The number of hydrogen-bond donors (Lipinski definition) is 7. The number of nitrogens with one attached hydrogen (secondary N) is 4. The fourth-order valence-corrected chi connectivity index (χ4v) is 9.62. The topological polar surface area (TPSA) is 199 Å². The molecule has 0 radical (unpaired) electrons. The Kier molecular flexibility index (Phi) is 16.5. The zero-order valence-corrected chi connectivity index (χ0v) is 44.3. The summed E-state index contributed by atoms with van der Waals surface area (Å²) >= 11 is 1.76. The SMILES string of the molecule is COc1ccc(-c2cc(-c3ccccc3O)[nH]n2)cc1.Cc1ccc(C2NN=C(c3ccccc3)S2)cc1.Cc1ccccc1-c1cc(-c2ccccc2O)n[nH]1.Oc1ccccc1-c1cc(-c2ccc3c(c2)OCCO3)n[nH]1. The molecule has 0 amide bonds. The minimum absolute atomic E-state index is 0.222. The van der Waals surface area contributed by atoms with Gasteiger partial charge >= 0.3 is 0 Å². The lowest BCUT2D eigenvalue weighted by Crippen LogP contribution is -2.15. The van der Waals surface area contributed by atoms with Gasteiger partial charge in [0.2, 0.25) is 0 Å². The fraction of sp³-hybridized carbons (Fsp3) is 0.0938. The lowest BCUT2D eigenvalue weighted by molar-refractivity contribution is 0.171. The highest BCUT2D eigenvalue weighted by Gasteiger charge is 2.22. The van der Waals surface area contributed by atoms with Crippen LogP contribution in [-0.2, 0) is 0 Å². The zero-order valence-electron chi connectivity index (χ0n) is 43.5. The molecule has 0 fully saturated rings. The van der Waals surface area contributed by atoms with Gasteiger partial charge in [-0.2, -0.15) is 20.4 Å². The van der Waals surface area contributed by atoms with E-state index in [0.29, 0.717) is 13.2 Å². The van der Waals surface area contributed by atoms with E-state index in [1.54, 1.807) is 55.3 Å². The van der Waals surface area contributed by atoms with E-state index in [1.165, 1.54) is 22.3 Å². The molecule has 0 bridgehead atoms. The predicted molar refractivity (Wildman–Crippen MR) is 313 cm³/mol. The lowest BCUT2D eigenvalue weighted by atomic mass is 10.0. The number of hydrazone groups is 1. The fourth-order valence-electron chi connectivity index (χ4n) is 8.62. The largest absolute Gasteiger partial charge is 0.507 e. The number of hydrogen-bond acceptors (Lipinski definition) is 12. The minimum atomic E-state index is 0.222. The van der Waals surface area contributed by atoms with Gasteiger partial charge in [0.1, 0.15) is 46.6 Å². The van der Waals surface area contributed by atoms with Crippen LogP contribution in [-0.4, -0.2) is 71.3 Å². The van der Waals surface area contributed by atoms with Crippen molar-refractivity contribution in [2.45, 2.75) is 19.2 Å². The van der Waals surface area contributed by atoms with Crippen LogP contribution >= 0.6 is 11.8 Å². The number of nitrogens with zero attached hydrogens (tertiary/aromatic N) is 4. The molecular weight excluding hydrogens is 1010 g/mol. The van der Waals surface area contributed by atoms with Gasteiger partial charge in [-0.1, -0.05) is 133 Å². The number of aromatic hydroxyl groups is 3. The predicted octanol–water partition coefficient (Wildman–Crippen LogP) is 14.1. The van der Waals surface area contributed by atoms with E-state index in [-0.39, 0.29) is 22.6 Å². The Labute approximate surface area is 461 Å². The summed E-state index contributed by atoms with van der Waals surface area (Å²) in [4.78, 5) is 0. The molecule has 8 aromatic carbocycles. The molecule has 15 heteroatoms. The van der Waals surface area contributed by atoms with Crippen molar-refractivity contribution in [3.63, 3.8) is 0 Å². The van der Waals surface area contributed by atoms with Crippen LogP contribution in [0.25, 0.3) is 67.5 Å². The van der Waals surface area contributed by atoms with Gasteiger partial charge in [0.15, 0.2) is 11.5 Å². The second kappa shape index (κ2) is 24.8. The van der Waals surface area contributed by atoms with Crippen LogP contribution in [0.2, 0.25) is 0 Å². The quantitative estimate of drug-likeness (QED) is 0.0726. The van der Waals surface area contributed by atoms with Gasteiger partial charge in [-0.3, -0.25) is 20.7 Å². The van der Waals surface area contributed by atoms with E-state index in [2.05, 4.69) is 103 Å².